The molecule has 0 radical (unpaired) electrons. The Balaban J connectivity index is 1.89. The molecule has 6 heteroatoms. The maximum Gasteiger partial charge on any atom is 0.326 e. The molecule has 0 fully saturated rings. The number of hydrogen-bond donors (Lipinski definition) is 2. The lowest BCUT2D eigenvalue weighted by Crippen LogP contribution is -2.36. The second-order valence-corrected chi connectivity index (χ2v) is 7.38. The Morgan fingerprint density at radius 1 is 0.897 bits per heavy atom. The topological polar surface area (TPSA) is 84.5 Å². The summed E-state index contributed by atoms with van der Waals surface area (Å²) in [6, 6.07) is 9.26. The van der Waals surface area contributed by atoms with E-state index in [1.165, 1.54) is 6.92 Å². The highest BCUT2D eigenvalue weighted by molar-refractivity contribution is 5.98. The molecular weight excluding hydrogens is 368 g/mol. The summed E-state index contributed by atoms with van der Waals surface area (Å²) in [5.74, 6) is -1.47. The van der Waals surface area contributed by atoms with Gasteiger partial charge in [0.1, 0.15) is 6.54 Å². The number of aryl methyl sites for hydroxylation is 5. The first kappa shape index (κ1) is 22.1. The second-order valence-electron chi connectivity index (χ2n) is 7.38. The standard InChI is InChI=1S/C23H28N2O4/c1-13-9-16(4)21(17(5)10-13)25-22(27)18(6)29-20(26)12-24-23(28)19-8-7-14(2)15(3)11-19/h7-11,18H,12H2,1-6H3,(H,24,28)(H,25,27)/t18-/m1/s1. The minimum atomic E-state index is -0.985. The van der Waals surface area contributed by atoms with Crippen LogP contribution >= 0.6 is 0 Å². The molecule has 0 aliphatic carbocycles. The van der Waals surface area contributed by atoms with Gasteiger partial charge in [0.15, 0.2) is 6.10 Å². The summed E-state index contributed by atoms with van der Waals surface area (Å²) in [6.07, 6.45) is -0.985. The van der Waals surface area contributed by atoms with Crippen molar-refractivity contribution in [3.63, 3.8) is 0 Å². The molecule has 0 saturated carbocycles. The van der Waals surface area contributed by atoms with E-state index in [9.17, 15) is 14.4 Å². The molecule has 0 heterocycles. The lowest BCUT2D eigenvalue weighted by Gasteiger charge is -2.17. The molecule has 0 aromatic heterocycles. The summed E-state index contributed by atoms with van der Waals surface area (Å²) in [6.45, 7) is 10.9. The molecule has 0 spiro atoms. The van der Waals surface area contributed by atoms with Gasteiger partial charge in [-0.25, -0.2) is 0 Å². The SMILES string of the molecule is Cc1cc(C)c(NC(=O)[C@@H](C)OC(=O)CNC(=O)c2ccc(C)c(C)c2)c(C)c1. The Bertz CT molecular complexity index is 927. The van der Waals surface area contributed by atoms with Crippen molar-refractivity contribution in [1.82, 2.24) is 5.32 Å². The first-order valence-corrected chi connectivity index (χ1v) is 9.52. The van der Waals surface area contributed by atoms with Gasteiger partial charge < -0.3 is 15.4 Å². The Labute approximate surface area is 171 Å². The molecule has 2 aromatic carbocycles. The summed E-state index contributed by atoms with van der Waals surface area (Å²) in [7, 11) is 0. The molecule has 29 heavy (non-hydrogen) atoms. The van der Waals surface area contributed by atoms with Crippen LogP contribution in [-0.2, 0) is 14.3 Å². The zero-order valence-electron chi connectivity index (χ0n) is 17.8. The average molecular weight is 396 g/mol. The Kier molecular flexibility index (Phi) is 7.15. The Morgan fingerprint density at radius 3 is 2.10 bits per heavy atom. The van der Waals surface area contributed by atoms with E-state index in [1.807, 2.05) is 52.8 Å². The van der Waals surface area contributed by atoms with E-state index in [1.54, 1.807) is 12.1 Å². The molecule has 0 bridgehead atoms. The van der Waals surface area contributed by atoms with Crippen molar-refractivity contribution in [1.29, 1.82) is 0 Å². The van der Waals surface area contributed by atoms with Gasteiger partial charge >= 0.3 is 5.97 Å². The summed E-state index contributed by atoms with van der Waals surface area (Å²) >= 11 is 0. The third-order valence-electron chi connectivity index (χ3n) is 4.77. The van der Waals surface area contributed by atoms with Crippen molar-refractivity contribution in [2.45, 2.75) is 47.6 Å². The van der Waals surface area contributed by atoms with Crippen molar-refractivity contribution in [2.24, 2.45) is 0 Å². The van der Waals surface area contributed by atoms with Crippen LogP contribution in [0.2, 0.25) is 0 Å². The monoisotopic (exact) mass is 396 g/mol. The van der Waals surface area contributed by atoms with E-state index < -0.39 is 18.0 Å². The van der Waals surface area contributed by atoms with E-state index >= 15 is 0 Å². The van der Waals surface area contributed by atoms with Crippen LogP contribution in [0.1, 0.15) is 45.1 Å². The van der Waals surface area contributed by atoms with Crippen LogP contribution in [0.25, 0.3) is 0 Å². The van der Waals surface area contributed by atoms with Crippen LogP contribution in [0.5, 0.6) is 0 Å². The van der Waals surface area contributed by atoms with E-state index in [4.69, 9.17) is 4.74 Å². The molecule has 2 rings (SSSR count). The fraction of sp³-hybridized carbons (Fsp3) is 0.348. The maximum atomic E-state index is 12.4. The molecule has 0 aliphatic heterocycles. The second kappa shape index (κ2) is 9.37. The molecule has 2 aromatic rings. The van der Waals surface area contributed by atoms with Gasteiger partial charge in [-0.15, -0.1) is 0 Å². The number of carbonyl (C=O) groups excluding carboxylic acids is 3. The highest BCUT2D eigenvalue weighted by Crippen LogP contribution is 2.22. The number of nitrogens with one attached hydrogen (secondary N) is 2. The van der Waals surface area contributed by atoms with Gasteiger partial charge in [-0.1, -0.05) is 23.8 Å². The quantitative estimate of drug-likeness (QED) is 0.732. The number of ether oxygens (including phenoxy) is 1. The zero-order valence-corrected chi connectivity index (χ0v) is 17.8. The summed E-state index contributed by atoms with van der Waals surface area (Å²) in [5.41, 5.74) is 6.25. The summed E-state index contributed by atoms with van der Waals surface area (Å²) in [5, 5.41) is 5.33. The number of amides is 2. The highest BCUT2D eigenvalue weighted by atomic mass is 16.5. The Hall–Kier alpha value is -3.15. The number of esters is 1. The molecule has 6 nitrogen and oxygen atoms in total. The van der Waals surface area contributed by atoms with Crippen LogP contribution < -0.4 is 10.6 Å². The summed E-state index contributed by atoms with van der Waals surface area (Å²) < 4.78 is 5.15. The molecule has 2 amide bonds. The molecule has 1 atom stereocenters. The number of rotatable bonds is 6. The highest BCUT2D eigenvalue weighted by Gasteiger charge is 2.20. The third-order valence-corrected chi connectivity index (χ3v) is 4.77. The fourth-order valence-electron chi connectivity index (χ4n) is 3.03. The van der Waals surface area contributed by atoms with Gasteiger partial charge in [0.05, 0.1) is 0 Å². The molecule has 0 unspecified atom stereocenters. The van der Waals surface area contributed by atoms with Gasteiger partial charge in [0.25, 0.3) is 11.8 Å². The molecular formula is C23H28N2O4. The summed E-state index contributed by atoms with van der Waals surface area (Å²) in [4.78, 5) is 36.6. The predicted molar refractivity (Wildman–Crippen MR) is 113 cm³/mol. The smallest absolute Gasteiger partial charge is 0.326 e. The van der Waals surface area contributed by atoms with E-state index in [2.05, 4.69) is 10.6 Å². The van der Waals surface area contributed by atoms with Gasteiger partial charge in [0, 0.05) is 11.3 Å². The van der Waals surface area contributed by atoms with Crippen LogP contribution in [0.4, 0.5) is 5.69 Å². The average Bonchev–Trinajstić information content (AvgIpc) is 2.64. The minimum Gasteiger partial charge on any atom is -0.451 e. The molecule has 154 valence electrons. The number of hydrogen-bond acceptors (Lipinski definition) is 4. The predicted octanol–water partition coefficient (Wildman–Crippen LogP) is 3.53. The van der Waals surface area contributed by atoms with Crippen molar-refractivity contribution in [2.75, 3.05) is 11.9 Å². The van der Waals surface area contributed by atoms with Gasteiger partial charge in [-0.05, 0) is 75.9 Å². The maximum absolute atomic E-state index is 12.4. The minimum absolute atomic E-state index is 0.314. The van der Waals surface area contributed by atoms with Crippen molar-refractivity contribution in [3.8, 4) is 0 Å². The van der Waals surface area contributed by atoms with Crippen LogP contribution in [0.15, 0.2) is 30.3 Å². The lowest BCUT2D eigenvalue weighted by molar-refractivity contribution is -0.152. The van der Waals surface area contributed by atoms with Crippen molar-refractivity contribution < 1.29 is 19.1 Å². The molecule has 0 saturated heterocycles. The first-order valence-electron chi connectivity index (χ1n) is 9.52. The van der Waals surface area contributed by atoms with Crippen LogP contribution in [0, 0.1) is 34.6 Å². The van der Waals surface area contributed by atoms with Gasteiger partial charge in [0.2, 0.25) is 0 Å². The van der Waals surface area contributed by atoms with E-state index in [0.717, 1.165) is 27.8 Å². The van der Waals surface area contributed by atoms with Gasteiger partial charge in [-0.2, -0.15) is 0 Å². The number of benzene rings is 2. The number of carbonyl (C=O) groups is 3. The first-order chi connectivity index (χ1) is 13.6. The van der Waals surface area contributed by atoms with Crippen LogP contribution in [-0.4, -0.2) is 30.4 Å². The molecule has 2 N–H and O–H groups in total. The van der Waals surface area contributed by atoms with Crippen LogP contribution in [0.3, 0.4) is 0 Å². The largest absolute Gasteiger partial charge is 0.451 e. The zero-order chi connectivity index (χ0) is 21.7. The lowest BCUT2D eigenvalue weighted by atomic mass is 10.0. The van der Waals surface area contributed by atoms with Gasteiger partial charge in [-0.3, -0.25) is 14.4 Å². The van der Waals surface area contributed by atoms with Crippen molar-refractivity contribution >= 4 is 23.5 Å². The van der Waals surface area contributed by atoms with Crippen molar-refractivity contribution in [3.05, 3.63) is 63.7 Å². The Morgan fingerprint density at radius 2 is 1.52 bits per heavy atom. The van der Waals surface area contributed by atoms with E-state index in [0.29, 0.717) is 11.3 Å². The van der Waals surface area contributed by atoms with E-state index in [-0.39, 0.29) is 12.5 Å². The fourth-order valence-corrected chi connectivity index (χ4v) is 3.03. The normalized spacial score (nSPS) is 11.5. The number of anilines is 1. The molecule has 0 aliphatic rings. The third kappa shape index (κ3) is 5.91.